The van der Waals surface area contributed by atoms with E-state index in [1.54, 1.807) is 24.3 Å². The Labute approximate surface area is 309 Å². The molecule has 2 aliphatic heterocycles. The monoisotopic (exact) mass is 785 g/mol. The van der Waals surface area contributed by atoms with Crippen molar-refractivity contribution in [2.24, 2.45) is 21.8 Å². The first-order chi connectivity index (χ1) is 21.0. The van der Waals surface area contributed by atoms with Gasteiger partial charge in [0, 0.05) is 23.9 Å². The number of anilines is 1. The first-order valence-electron chi connectivity index (χ1n) is 13.5. The van der Waals surface area contributed by atoms with Gasteiger partial charge in [0.1, 0.15) is 23.9 Å². The number of nitrogens with two attached hydrogens (primary N) is 2. The molecule has 17 nitrogen and oxygen atoms in total. The highest BCUT2D eigenvalue weighted by Crippen LogP contribution is 2.40. The van der Waals surface area contributed by atoms with Gasteiger partial charge in [-0.3, -0.25) is 19.1 Å². The Kier molecular flexibility index (Phi) is 17.6. The van der Waals surface area contributed by atoms with Crippen molar-refractivity contribution in [2.45, 2.75) is 51.8 Å². The lowest BCUT2D eigenvalue weighted by atomic mass is 9.74. The molecule has 1 aromatic carbocycles. The second kappa shape index (κ2) is 18.8. The standard InChI is InChI=1S/C26H33N7O10S2.CH4.3H2S/c1-26(2)17(23(35)33(26)43-45(38,39)40)10-19(34)21(18-13-44-25(28)30-18)31-42-20(24(36)37)12-41-16-6-4-14(5-7-16)22(27)29-15-8-9-32(3)11-15;;;;/h4-7,13,15,17,20H,8-12H2,1-3H3,(H2,27,29)(H2,28,30)(H,36,37)(H,38,39,40);1H4;3*1H2/b31-21-;;;;/t15-,17?,20-;;;;/m0..../s1. The zero-order valence-electron chi connectivity index (χ0n) is 26.0. The quantitative estimate of drug-likeness (QED) is 0.0693. The van der Waals surface area contributed by atoms with Gasteiger partial charge in [-0.2, -0.15) is 54.0 Å². The number of ether oxygens (including phenoxy) is 1. The number of amidine groups is 1. The van der Waals surface area contributed by atoms with Crippen molar-refractivity contribution in [3.05, 3.63) is 40.9 Å². The minimum absolute atomic E-state index is 0. The maximum atomic E-state index is 13.3. The van der Waals surface area contributed by atoms with Crippen LogP contribution in [0.5, 0.6) is 5.75 Å². The van der Waals surface area contributed by atoms with E-state index in [4.69, 9.17) is 25.6 Å². The fraction of sp³-hybridized carbons (Fsp3) is 0.481. The van der Waals surface area contributed by atoms with E-state index in [0.29, 0.717) is 22.2 Å². The van der Waals surface area contributed by atoms with Crippen LogP contribution in [0, 0.1) is 5.92 Å². The van der Waals surface area contributed by atoms with Crippen molar-refractivity contribution in [3.63, 3.8) is 0 Å². The van der Waals surface area contributed by atoms with E-state index in [-0.39, 0.29) is 64.8 Å². The molecule has 2 aliphatic rings. The number of nitrogen functional groups attached to an aromatic ring is 1. The van der Waals surface area contributed by atoms with Crippen molar-refractivity contribution in [3.8, 4) is 5.75 Å². The lowest BCUT2D eigenvalue weighted by Gasteiger charge is -2.50. The number of oxime groups is 1. The molecule has 49 heavy (non-hydrogen) atoms. The summed E-state index contributed by atoms with van der Waals surface area (Å²) in [6.45, 7) is 4.13. The molecule has 2 fully saturated rings. The van der Waals surface area contributed by atoms with Crippen LogP contribution in [-0.4, -0.2) is 107 Å². The third kappa shape index (κ3) is 11.7. The normalized spacial score (nSPS) is 19.6. The highest BCUT2D eigenvalue weighted by atomic mass is 32.3. The Morgan fingerprint density at radius 1 is 1.20 bits per heavy atom. The van der Waals surface area contributed by atoms with Crippen molar-refractivity contribution in [1.29, 1.82) is 0 Å². The number of likely N-dealkylation sites (tertiary alicyclic amines) is 1. The summed E-state index contributed by atoms with van der Waals surface area (Å²) < 4.78 is 41.0. The largest absolute Gasteiger partial charge is 0.489 e. The number of nitrogens with zero attached hydrogens (tertiary/aromatic N) is 5. The molecule has 0 saturated carbocycles. The number of rotatable bonds is 14. The van der Waals surface area contributed by atoms with Crippen molar-refractivity contribution in [2.75, 3.05) is 32.5 Å². The van der Waals surface area contributed by atoms with Crippen LogP contribution in [0.15, 0.2) is 39.8 Å². The SMILES string of the molecule is C.CN1CC[C@H](N=C(N)c2ccc(OC[C@H](O/N=C(\C(=O)CC3C(=O)N(OS(=O)(=O)O)C3(C)C)c3csc(N)n3)C(=O)O)cc2)C1.S.S.S. The summed E-state index contributed by atoms with van der Waals surface area (Å²) in [4.78, 5) is 53.7. The van der Waals surface area contributed by atoms with E-state index >= 15 is 0 Å². The van der Waals surface area contributed by atoms with E-state index in [0.717, 1.165) is 30.8 Å². The zero-order valence-corrected chi connectivity index (χ0v) is 30.7. The minimum Gasteiger partial charge on any atom is -0.489 e. The van der Waals surface area contributed by atoms with Gasteiger partial charge in [0.2, 0.25) is 0 Å². The second-order valence-corrected chi connectivity index (χ2v) is 12.9. The number of Topliss-reactive ketones (excluding diaryl/α,β-unsaturated/α-hetero) is 1. The maximum absolute atomic E-state index is 13.3. The molecule has 2 saturated heterocycles. The third-order valence-corrected chi connectivity index (χ3v) is 8.26. The van der Waals surface area contributed by atoms with Crippen molar-refractivity contribution < 1.29 is 46.3 Å². The number of carboxylic acid groups (broad SMARTS) is 1. The Morgan fingerprint density at radius 3 is 2.33 bits per heavy atom. The topological polar surface area (TPSA) is 250 Å². The molecule has 3 atom stereocenters. The second-order valence-electron chi connectivity index (χ2n) is 11.0. The van der Waals surface area contributed by atoms with Crippen molar-refractivity contribution >= 4 is 96.6 Å². The molecule has 0 aliphatic carbocycles. The number of carbonyl (C=O) groups is 3. The molecular formula is C27H43N7O10S5. The lowest BCUT2D eigenvalue weighted by molar-refractivity contribution is -0.228. The summed E-state index contributed by atoms with van der Waals surface area (Å²) in [5.41, 5.74) is 10.8. The molecular weight excluding hydrogens is 743 g/mol. The number of amides is 1. The molecule has 3 heterocycles. The predicted octanol–water partition coefficient (Wildman–Crippen LogP) is 1.29. The summed E-state index contributed by atoms with van der Waals surface area (Å²) in [5, 5.41) is 15.4. The van der Waals surface area contributed by atoms with Crippen molar-refractivity contribution in [1.82, 2.24) is 14.9 Å². The minimum atomic E-state index is -4.99. The molecule has 276 valence electrons. The van der Waals surface area contributed by atoms with Crippen LogP contribution >= 0.6 is 51.8 Å². The molecule has 1 aromatic heterocycles. The van der Waals surface area contributed by atoms with Crippen LogP contribution < -0.4 is 16.2 Å². The van der Waals surface area contributed by atoms with Crippen LogP contribution in [0.2, 0.25) is 0 Å². The Morgan fingerprint density at radius 2 is 1.84 bits per heavy atom. The summed E-state index contributed by atoms with van der Waals surface area (Å²) in [7, 11) is -2.97. The number of aliphatic imine (C=N–C) groups is 1. The fourth-order valence-electron chi connectivity index (χ4n) is 4.73. The average Bonchev–Trinajstić information content (AvgIpc) is 3.58. The van der Waals surface area contributed by atoms with Gasteiger partial charge in [0.25, 0.3) is 12.0 Å². The number of benzene rings is 1. The third-order valence-electron chi connectivity index (χ3n) is 7.25. The summed E-state index contributed by atoms with van der Waals surface area (Å²) in [6, 6.07) is 6.69. The van der Waals surface area contributed by atoms with Crippen LogP contribution in [0.1, 0.15) is 45.4 Å². The van der Waals surface area contributed by atoms with Crippen LogP contribution in [-0.2, 0) is 33.9 Å². The van der Waals surface area contributed by atoms with Gasteiger partial charge in [-0.1, -0.05) is 12.6 Å². The fourth-order valence-corrected chi connectivity index (χ4v) is 5.73. The molecule has 0 spiro atoms. The van der Waals surface area contributed by atoms with Gasteiger partial charge in [-0.25, -0.2) is 9.78 Å². The number of thiazole rings is 1. The molecule has 1 amide bonds. The molecule has 2 aromatic rings. The number of carbonyl (C=O) groups excluding carboxylic acids is 2. The predicted molar refractivity (Wildman–Crippen MR) is 199 cm³/mol. The number of likely N-dealkylation sites (N-methyl/N-ethyl adjacent to an activating group) is 1. The summed E-state index contributed by atoms with van der Waals surface area (Å²) in [5.74, 6) is -3.47. The van der Waals surface area contributed by atoms with E-state index in [1.807, 2.05) is 7.05 Å². The number of hydrogen-bond acceptors (Lipinski definition) is 14. The molecule has 4 rings (SSSR count). The van der Waals surface area contributed by atoms with Crippen LogP contribution in [0.4, 0.5) is 5.13 Å². The van der Waals surface area contributed by atoms with Gasteiger partial charge >= 0.3 is 16.4 Å². The molecule has 22 heteroatoms. The van der Waals surface area contributed by atoms with E-state index in [2.05, 4.69) is 24.3 Å². The lowest BCUT2D eigenvalue weighted by Crippen LogP contribution is -2.68. The Bertz CT molecular complexity index is 1620. The first-order valence-corrected chi connectivity index (χ1v) is 15.8. The Hall–Kier alpha value is -3.12. The number of ketones is 1. The smallest absolute Gasteiger partial charge is 0.418 e. The zero-order chi connectivity index (χ0) is 33.1. The van der Waals surface area contributed by atoms with Crippen LogP contribution in [0.25, 0.3) is 0 Å². The molecule has 1 unspecified atom stereocenters. The van der Waals surface area contributed by atoms with Gasteiger partial charge in [0.15, 0.2) is 16.6 Å². The van der Waals surface area contributed by atoms with Gasteiger partial charge in [0.05, 0.1) is 17.5 Å². The summed E-state index contributed by atoms with van der Waals surface area (Å²) >= 11 is 0.984. The average molecular weight is 786 g/mol. The van der Waals surface area contributed by atoms with Crippen LogP contribution in [0.3, 0.4) is 0 Å². The number of aromatic nitrogens is 1. The maximum Gasteiger partial charge on any atom is 0.418 e. The van der Waals surface area contributed by atoms with Gasteiger partial charge in [-0.15, -0.1) is 15.6 Å². The Balaban J connectivity index is 0.00000576. The number of carboxylic acids is 1. The van der Waals surface area contributed by atoms with Gasteiger partial charge in [-0.05, 0) is 58.1 Å². The van der Waals surface area contributed by atoms with E-state index in [9.17, 15) is 27.9 Å². The number of hydrogen-bond donors (Lipinski definition) is 4. The molecule has 6 N–H and O–H groups in total. The summed E-state index contributed by atoms with van der Waals surface area (Å²) in [6.07, 6.45) is -1.24. The number of aliphatic carboxylic acids is 1. The highest BCUT2D eigenvalue weighted by molar-refractivity contribution is 7.80. The van der Waals surface area contributed by atoms with E-state index in [1.165, 1.54) is 19.2 Å². The highest BCUT2D eigenvalue weighted by Gasteiger charge is 2.57. The first kappa shape index (κ1) is 45.9. The number of β-lactam (4-membered cyclic amide) rings is 1. The number of hydroxylamine groups is 2. The van der Waals surface area contributed by atoms with E-state index < -0.39 is 64.4 Å². The molecule has 0 bridgehead atoms. The molecule has 0 radical (unpaired) electrons. The van der Waals surface area contributed by atoms with Gasteiger partial charge < -0.3 is 31.0 Å².